The predicted octanol–water partition coefficient (Wildman–Crippen LogP) is 3.95. The molecule has 0 saturated carbocycles. The van der Waals surface area contributed by atoms with Gasteiger partial charge in [-0.3, -0.25) is 4.79 Å². The molecule has 0 saturated heterocycles. The molecule has 6 heteroatoms. The molecular weight excluding hydrogens is 364 g/mol. The molecule has 0 radical (unpaired) electrons. The second-order valence-corrected chi connectivity index (χ2v) is 6.61. The summed E-state index contributed by atoms with van der Waals surface area (Å²) in [5.41, 5.74) is 2.36. The van der Waals surface area contributed by atoms with Crippen LogP contribution in [0.1, 0.15) is 29.4 Å². The van der Waals surface area contributed by atoms with Crippen LogP contribution >= 0.6 is 0 Å². The van der Waals surface area contributed by atoms with Gasteiger partial charge in [0.1, 0.15) is 17.3 Å². The first-order valence-corrected chi connectivity index (χ1v) is 9.79. The first-order chi connectivity index (χ1) is 14.2. The van der Waals surface area contributed by atoms with Crippen LogP contribution in [0.5, 0.6) is 5.75 Å². The fourth-order valence-corrected chi connectivity index (χ4v) is 2.83. The zero-order valence-electron chi connectivity index (χ0n) is 16.8. The van der Waals surface area contributed by atoms with Crippen LogP contribution in [0.15, 0.2) is 60.7 Å². The summed E-state index contributed by atoms with van der Waals surface area (Å²) in [6.45, 7) is 3.39. The van der Waals surface area contributed by atoms with E-state index in [0.29, 0.717) is 23.9 Å². The number of amides is 1. The Kier molecular flexibility index (Phi) is 7.16. The van der Waals surface area contributed by atoms with Crippen molar-refractivity contribution < 1.29 is 9.53 Å². The molecule has 0 unspecified atom stereocenters. The molecule has 1 amide bonds. The summed E-state index contributed by atoms with van der Waals surface area (Å²) in [6, 6.07) is 19.2. The van der Waals surface area contributed by atoms with Gasteiger partial charge in [0.15, 0.2) is 5.82 Å². The average Bonchev–Trinajstić information content (AvgIpc) is 2.78. The van der Waals surface area contributed by atoms with Gasteiger partial charge < -0.3 is 15.4 Å². The van der Waals surface area contributed by atoms with E-state index in [1.165, 1.54) is 0 Å². The van der Waals surface area contributed by atoms with Gasteiger partial charge in [0.05, 0.1) is 7.11 Å². The van der Waals surface area contributed by atoms with Crippen LogP contribution in [0.2, 0.25) is 0 Å². The van der Waals surface area contributed by atoms with Crippen LogP contribution in [0.4, 0.5) is 5.82 Å². The maximum absolute atomic E-state index is 12.7. The van der Waals surface area contributed by atoms with Gasteiger partial charge in [-0.25, -0.2) is 9.97 Å². The molecule has 2 aromatic carbocycles. The lowest BCUT2D eigenvalue weighted by Crippen LogP contribution is -2.27. The highest BCUT2D eigenvalue weighted by Crippen LogP contribution is 2.18. The lowest BCUT2D eigenvalue weighted by Gasteiger charge is -2.10. The topological polar surface area (TPSA) is 76.1 Å². The minimum absolute atomic E-state index is 0.211. The average molecular weight is 390 g/mol. The van der Waals surface area contributed by atoms with Crippen LogP contribution in [-0.4, -0.2) is 36.1 Å². The molecule has 0 atom stereocenters. The minimum atomic E-state index is -0.211. The number of carbonyl (C=O) groups excluding carboxylic acids is 1. The van der Waals surface area contributed by atoms with E-state index in [1.54, 1.807) is 13.2 Å². The maximum Gasteiger partial charge on any atom is 0.270 e. The second kappa shape index (κ2) is 10.2. The number of nitrogens with one attached hydrogen (secondary N) is 2. The Labute approximate surface area is 171 Å². The fourth-order valence-electron chi connectivity index (χ4n) is 2.83. The van der Waals surface area contributed by atoms with Gasteiger partial charge in [-0.15, -0.1) is 0 Å². The van der Waals surface area contributed by atoms with Gasteiger partial charge in [-0.05, 0) is 30.5 Å². The SMILES string of the molecule is CCCNc1cc(C(=O)NCCc2ccc(OC)cc2)nc(-c2ccccc2)n1. The molecule has 29 heavy (non-hydrogen) atoms. The standard InChI is InChI=1S/C23H26N4O2/c1-3-14-24-21-16-20(26-22(27-21)18-7-5-4-6-8-18)23(28)25-15-13-17-9-11-19(29-2)12-10-17/h4-12,16H,3,13-15H2,1-2H3,(H,25,28)(H,24,26,27). The Morgan fingerprint density at radius 3 is 2.45 bits per heavy atom. The van der Waals surface area contributed by atoms with Gasteiger partial charge in [-0.2, -0.15) is 0 Å². The lowest BCUT2D eigenvalue weighted by molar-refractivity contribution is 0.0949. The third-order valence-corrected chi connectivity index (χ3v) is 4.41. The molecule has 0 aliphatic carbocycles. The zero-order chi connectivity index (χ0) is 20.5. The van der Waals surface area contributed by atoms with Gasteiger partial charge >= 0.3 is 0 Å². The molecule has 2 N–H and O–H groups in total. The van der Waals surface area contributed by atoms with Crippen LogP contribution in [0, 0.1) is 0 Å². The van der Waals surface area contributed by atoms with Crippen LogP contribution < -0.4 is 15.4 Å². The Morgan fingerprint density at radius 1 is 1.00 bits per heavy atom. The Bertz CT molecular complexity index is 927. The first-order valence-electron chi connectivity index (χ1n) is 9.79. The monoisotopic (exact) mass is 390 g/mol. The molecule has 3 rings (SSSR count). The molecule has 0 bridgehead atoms. The molecule has 0 aliphatic heterocycles. The number of benzene rings is 2. The molecule has 0 fully saturated rings. The maximum atomic E-state index is 12.7. The minimum Gasteiger partial charge on any atom is -0.497 e. The quantitative estimate of drug-likeness (QED) is 0.579. The number of anilines is 1. The Morgan fingerprint density at radius 2 is 1.76 bits per heavy atom. The smallest absolute Gasteiger partial charge is 0.270 e. The van der Waals surface area contributed by atoms with Crippen molar-refractivity contribution in [3.63, 3.8) is 0 Å². The number of ether oxygens (including phenoxy) is 1. The van der Waals surface area contributed by atoms with Crippen molar-refractivity contribution in [1.29, 1.82) is 0 Å². The van der Waals surface area contributed by atoms with Crippen molar-refractivity contribution in [2.24, 2.45) is 0 Å². The number of hydrogen-bond acceptors (Lipinski definition) is 5. The molecule has 1 heterocycles. The number of hydrogen-bond donors (Lipinski definition) is 2. The summed E-state index contributed by atoms with van der Waals surface area (Å²) in [5.74, 6) is 1.80. The van der Waals surface area contributed by atoms with Gasteiger partial charge in [0.25, 0.3) is 5.91 Å². The summed E-state index contributed by atoms with van der Waals surface area (Å²) in [7, 11) is 1.64. The number of rotatable bonds is 9. The van der Waals surface area contributed by atoms with Gasteiger partial charge in [-0.1, -0.05) is 49.4 Å². The summed E-state index contributed by atoms with van der Waals surface area (Å²) in [5, 5.41) is 6.20. The number of nitrogens with zero attached hydrogens (tertiary/aromatic N) is 2. The normalized spacial score (nSPS) is 10.4. The summed E-state index contributed by atoms with van der Waals surface area (Å²) in [6.07, 6.45) is 1.70. The first kappa shape index (κ1) is 20.3. The molecule has 6 nitrogen and oxygen atoms in total. The molecule has 3 aromatic rings. The van der Waals surface area contributed by atoms with Gasteiger partial charge in [0.2, 0.25) is 0 Å². The summed E-state index contributed by atoms with van der Waals surface area (Å²) >= 11 is 0. The Balaban J connectivity index is 1.70. The number of carbonyl (C=O) groups is 1. The third kappa shape index (κ3) is 5.78. The molecule has 0 spiro atoms. The van der Waals surface area contributed by atoms with E-state index in [4.69, 9.17) is 4.74 Å². The summed E-state index contributed by atoms with van der Waals surface area (Å²) in [4.78, 5) is 21.7. The van der Waals surface area contributed by atoms with E-state index in [1.807, 2.05) is 54.6 Å². The van der Waals surface area contributed by atoms with E-state index in [0.717, 1.165) is 36.3 Å². The van der Waals surface area contributed by atoms with Crippen molar-refractivity contribution in [3.05, 3.63) is 71.9 Å². The largest absolute Gasteiger partial charge is 0.497 e. The zero-order valence-corrected chi connectivity index (χ0v) is 16.8. The Hall–Kier alpha value is -3.41. The van der Waals surface area contributed by atoms with Crippen LogP contribution in [-0.2, 0) is 6.42 Å². The number of methoxy groups -OCH3 is 1. The van der Waals surface area contributed by atoms with Crippen LogP contribution in [0.3, 0.4) is 0 Å². The van der Waals surface area contributed by atoms with Crippen molar-refractivity contribution >= 4 is 11.7 Å². The molecule has 150 valence electrons. The highest BCUT2D eigenvalue weighted by molar-refractivity contribution is 5.93. The fraction of sp³-hybridized carbons (Fsp3) is 0.261. The lowest BCUT2D eigenvalue weighted by atomic mass is 10.1. The van der Waals surface area contributed by atoms with Crippen molar-refractivity contribution in [3.8, 4) is 17.1 Å². The van der Waals surface area contributed by atoms with E-state index in [2.05, 4.69) is 27.5 Å². The van der Waals surface area contributed by atoms with E-state index in [9.17, 15) is 4.79 Å². The van der Waals surface area contributed by atoms with Gasteiger partial charge in [0, 0.05) is 24.7 Å². The van der Waals surface area contributed by atoms with Crippen molar-refractivity contribution in [2.75, 3.05) is 25.5 Å². The highest BCUT2D eigenvalue weighted by Gasteiger charge is 2.13. The molecule has 1 aromatic heterocycles. The van der Waals surface area contributed by atoms with Crippen molar-refractivity contribution in [1.82, 2.24) is 15.3 Å². The van der Waals surface area contributed by atoms with Crippen LogP contribution in [0.25, 0.3) is 11.4 Å². The second-order valence-electron chi connectivity index (χ2n) is 6.61. The van der Waals surface area contributed by atoms with Crippen molar-refractivity contribution in [2.45, 2.75) is 19.8 Å². The van der Waals surface area contributed by atoms with E-state index in [-0.39, 0.29) is 5.91 Å². The molecular formula is C23H26N4O2. The predicted molar refractivity (Wildman–Crippen MR) is 115 cm³/mol. The van der Waals surface area contributed by atoms with E-state index < -0.39 is 0 Å². The van der Waals surface area contributed by atoms with E-state index >= 15 is 0 Å². The molecule has 0 aliphatic rings. The summed E-state index contributed by atoms with van der Waals surface area (Å²) < 4.78 is 5.17. The highest BCUT2D eigenvalue weighted by atomic mass is 16.5. The number of aromatic nitrogens is 2. The third-order valence-electron chi connectivity index (χ3n) is 4.41.